The van der Waals surface area contributed by atoms with E-state index in [4.69, 9.17) is 4.74 Å². The van der Waals surface area contributed by atoms with Crippen LogP contribution in [-0.2, 0) is 22.5 Å². The van der Waals surface area contributed by atoms with Crippen LogP contribution in [0.1, 0.15) is 11.1 Å². The highest BCUT2D eigenvalue weighted by molar-refractivity contribution is 5.86. The average Bonchev–Trinajstić information content (AvgIpc) is 2.80. The quantitative estimate of drug-likeness (QED) is 0.617. The van der Waals surface area contributed by atoms with Crippen molar-refractivity contribution in [2.24, 2.45) is 0 Å². The van der Waals surface area contributed by atoms with Crippen LogP contribution in [0, 0.1) is 0 Å². The third kappa shape index (κ3) is 5.01. The fourth-order valence-corrected chi connectivity index (χ4v) is 4.28. The van der Waals surface area contributed by atoms with Crippen molar-refractivity contribution in [3.05, 3.63) is 90.3 Å². The Labute approximate surface area is 184 Å². The van der Waals surface area contributed by atoms with E-state index in [0.717, 1.165) is 29.8 Å². The molecule has 1 amide bonds. The molecule has 2 aromatic carbocycles. The van der Waals surface area contributed by atoms with E-state index in [1.807, 2.05) is 30.5 Å². The Morgan fingerprint density at radius 2 is 1.81 bits per heavy atom. The molecular weight excluding hydrogens is 386 g/mol. The minimum absolute atomic E-state index is 0.00787. The zero-order chi connectivity index (χ0) is 21.7. The molecule has 5 nitrogen and oxygen atoms in total. The van der Waals surface area contributed by atoms with Gasteiger partial charge in [0.05, 0.1) is 6.61 Å². The van der Waals surface area contributed by atoms with Crippen molar-refractivity contribution in [3.8, 4) is 11.1 Å². The first-order chi connectivity index (χ1) is 15.1. The van der Waals surface area contributed by atoms with Crippen LogP contribution in [0.5, 0.6) is 0 Å². The number of likely N-dealkylation sites (N-methyl/N-ethyl adjacent to an activating group) is 1. The number of rotatable bonds is 6. The molecule has 1 fully saturated rings. The molecule has 0 radical (unpaired) electrons. The summed E-state index contributed by atoms with van der Waals surface area (Å²) >= 11 is 0. The van der Waals surface area contributed by atoms with Gasteiger partial charge in [-0.3, -0.25) is 14.7 Å². The lowest BCUT2D eigenvalue weighted by Crippen LogP contribution is -2.60. The maximum atomic E-state index is 13.3. The standard InChI is InChI=1S/C26H29N3O2/c1-28(2)25(30)26(20-29(14-15-31-26)19-22-9-7-13-27-18-22)17-21-8-6-12-24(16-21)23-10-4-3-5-11-23/h3-13,16,18H,14-15,17,19-20H2,1-2H3. The third-order valence-corrected chi connectivity index (χ3v) is 5.71. The van der Waals surface area contributed by atoms with Crippen LogP contribution in [0.25, 0.3) is 11.1 Å². The van der Waals surface area contributed by atoms with E-state index in [1.165, 1.54) is 5.56 Å². The van der Waals surface area contributed by atoms with Crippen LogP contribution in [0.4, 0.5) is 0 Å². The molecule has 4 rings (SSSR count). The van der Waals surface area contributed by atoms with Crippen LogP contribution in [-0.4, -0.2) is 60.1 Å². The highest BCUT2D eigenvalue weighted by atomic mass is 16.5. The first-order valence-corrected chi connectivity index (χ1v) is 10.7. The van der Waals surface area contributed by atoms with Gasteiger partial charge in [-0.2, -0.15) is 0 Å². The van der Waals surface area contributed by atoms with E-state index in [-0.39, 0.29) is 5.91 Å². The fraction of sp³-hybridized carbons (Fsp3) is 0.308. The molecule has 0 saturated carbocycles. The van der Waals surface area contributed by atoms with E-state index in [9.17, 15) is 4.79 Å². The summed E-state index contributed by atoms with van der Waals surface area (Å²) in [6, 6.07) is 22.7. The molecular formula is C26H29N3O2. The van der Waals surface area contributed by atoms with Gasteiger partial charge in [0.25, 0.3) is 5.91 Å². The van der Waals surface area contributed by atoms with Gasteiger partial charge >= 0.3 is 0 Å². The van der Waals surface area contributed by atoms with Crippen molar-refractivity contribution < 1.29 is 9.53 Å². The summed E-state index contributed by atoms with van der Waals surface area (Å²) in [7, 11) is 3.60. The summed E-state index contributed by atoms with van der Waals surface area (Å²) in [4.78, 5) is 21.5. The SMILES string of the molecule is CN(C)C(=O)C1(Cc2cccc(-c3ccccc3)c2)CN(Cc2cccnc2)CCO1. The van der Waals surface area contributed by atoms with Crippen molar-refractivity contribution in [1.29, 1.82) is 0 Å². The van der Waals surface area contributed by atoms with Crippen molar-refractivity contribution in [2.75, 3.05) is 33.8 Å². The molecule has 0 aliphatic carbocycles. The molecule has 1 saturated heterocycles. The Balaban J connectivity index is 1.60. The number of benzene rings is 2. The molecule has 0 spiro atoms. The molecule has 1 aliphatic rings. The van der Waals surface area contributed by atoms with Crippen LogP contribution in [0.3, 0.4) is 0 Å². The topological polar surface area (TPSA) is 45.7 Å². The van der Waals surface area contributed by atoms with Gasteiger partial charge in [-0.1, -0.05) is 60.7 Å². The summed E-state index contributed by atoms with van der Waals surface area (Å²) < 4.78 is 6.26. The number of carbonyl (C=O) groups is 1. The zero-order valence-electron chi connectivity index (χ0n) is 18.2. The highest BCUT2D eigenvalue weighted by Gasteiger charge is 2.44. The third-order valence-electron chi connectivity index (χ3n) is 5.71. The Bertz CT molecular complexity index is 1010. The first kappa shape index (κ1) is 21.2. The molecule has 2 heterocycles. The minimum Gasteiger partial charge on any atom is -0.362 e. The number of hydrogen-bond acceptors (Lipinski definition) is 4. The smallest absolute Gasteiger partial charge is 0.255 e. The van der Waals surface area contributed by atoms with Crippen molar-refractivity contribution >= 4 is 5.91 Å². The number of hydrogen-bond donors (Lipinski definition) is 0. The number of carbonyl (C=O) groups excluding carboxylic acids is 1. The maximum absolute atomic E-state index is 13.3. The van der Waals surface area contributed by atoms with E-state index in [0.29, 0.717) is 19.6 Å². The molecule has 0 N–H and O–H groups in total. The number of aromatic nitrogens is 1. The predicted molar refractivity (Wildman–Crippen MR) is 122 cm³/mol. The second-order valence-corrected chi connectivity index (χ2v) is 8.36. The van der Waals surface area contributed by atoms with Crippen LogP contribution in [0.15, 0.2) is 79.1 Å². The van der Waals surface area contributed by atoms with Crippen LogP contribution < -0.4 is 0 Å². The Morgan fingerprint density at radius 3 is 2.55 bits per heavy atom. The van der Waals surface area contributed by atoms with Gasteiger partial charge in [-0.25, -0.2) is 0 Å². The molecule has 0 bridgehead atoms. The molecule has 1 atom stereocenters. The van der Waals surface area contributed by atoms with Gasteiger partial charge < -0.3 is 9.64 Å². The van der Waals surface area contributed by atoms with Crippen LogP contribution in [0.2, 0.25) is 0 Å². The van der Waals surface area contributed by atoms with Crippen LogP contribution >= 0.6 is 0 Å². The number of nitrogens with zero attached hydrogens (tertiary/aromatic N) is 3. The summed E-state index contributed by atoms with van der Waals surface area (Å²) in [5, 5.41) is 0. The molecule has 1 unspecified atom stereocenters. The van der Waals surface area contributed by atoms with Gasteiger partial charge in [-0.05, 0) is 28.3 Å². The average molecular weight is 416 g/mol. The molecule has 31 heavy (non-hydrogen) atoms. The molecule has 160 valence electrons. The second-order valence-electron chi connectivity index (χ2n) is 8.36. The Morgan fingerprint density at radius 1 is 1.03 bits per heavy atom. The van der Waals surface area contributed by atoms with Gasteiger partial charge in [0.2, 0.25) is 0 Å². The van der Waals surface area contributed by atoms with Gasteiger partial charge in [0, 0.05) is 52.5 Å². The summed E-state index contributed by atoms with van der Waals surface area (Å²) in [6.07, 6.45) is 4.20. The lowest BCUT2D eigenvalue weighted by molar-refractivity contribution is -0.169. The summed E-state index contributed by atoms with van der Waals surface area (Å²) in [5.41, 5.74) is 3.65. The van der Waals surface area contributed by atoms with Gasteiger partial charge in [0.15, 0.2) is 5.60 Å². The largest absolute Gasteiger partial charge is 0.362 e. The predicted octanol–water partition coefficient (Wildman–Crippen LogP) is 3.65. The zero-order valence-corrected chi connectivity index (χ0v) is 18.2. The molecule has 1 aromatic heterocycles. The number of ether oxygens (including phenoxy) is 1. The number of amides is 1. The van der Waals surface area contributed by atoms with Gasteiger partial charge in [0.1, 0.15) is 0 Å². The van der Waals surface area contributed by atoms with Crippen molar-refractivity contribution in [2.45, 2.75) is 18.6 Å². The lowest BCUT2D eigenvalue weighted by Gasteiger charge is -2.43. The number of morpholine rings is 1. The minimum atomic E-state index is -0.904. The second kappa shape index (κ2) is 9.41. The molecule has 3 aromatic rings. The fourth-order valence-electron chi connectivity index (χ4n) is 4.28. The normalized spacial score (nSPS) is 19.2. The molecule has 5 heteroatoms. The Kier molecular flexibility index (Phi) is 6.44. The highest BCUT2D eigenvalue weighted by Crippen LogP contribution is 2.28. The van der Waals surface area contributed by atoms with Gasteiger partial charge in [-0.15, -0.1) is 0 Å². The van der Waals surface area contributed by atoms with Crippen molar-refractivity contribution in [1.82, 2.24) is 14.8 Å². The molecule has 1 aliphatic heterocycles. The first-order valence-electron chi connectivity index (χ1n) is 10.7. The van der Waals surface area contributed by atoms with Crippen molar-refractivity contribution in [3.63, 3.8) is 0 Å². The summed E-state index contributed by atoms with van der Waals surface area (Å²) in [6.45, 7) is 2.62. The summed E-state index contributed by atoms with van der Waals surface area (Å²) in [5.74, 6) is 0.00787. The van der Waals surface area contributed by atoms with E-state index in [2.05, 4.69) is 52.3 Å². The lowest BCUT2D eigenvalue weighted by atomic mass is 9.89. The van der Waals surface area contributed by atoms with E-state index >= 15 is 0 Å². The number of pyridine rings is 1. The monoisotopic (exact) mass is 415 g/mol. The van der Waals surface area contributed by atoms with E-state index in [1.54, 1.807) is 25.2 Å². The Hall–Kier alpha value is -3.02. The maximum Gasteiger partial charge on any atom is 0.255 e. The van der Waals surface area contributed by atoms with E-state index < -0.39 is 5.60 Å².